The van der Waals surface area contributed by atoms with E-state index < -0.39 is 0 Å². The number of aliphatic imine (C=N–C) groups is 2. The first kappa shape index (κ1) is 25.7. The van der Waals surface area contributed by atoms with Gasteiger partial charge < -0.3 is 16.0 Å². The molecule has 10 heteroatoms. The summed E-state index contributed by atoms with van der Waals surface area (Å²) in [5.74, 6) is 8.03. The van der Waals surface area contributed by atoms with Crippen LogP contribution < -0.4 is 16.9 Å². The van der Waals surface area contributed by atoms with Gasteiger partial charge in [-0.15, -0.1) is 4.59 Å². The number of piperidine rings is 1. The number of amidine groups is 1. The van der Waals surface area contributed by atoms with Gasteiger partial charge in [-0.1, -0.05) is 6.07 Å². The molecule has 2 unspecified atom stereocenters. The third-order valence-electron chi connectivity index (χ3n) is 7.14. The molecule has 0 spiro atoms. The van der Waals surface area contributed by atoms with E-state index in [1.54, 1.807) is 49.1 Å². The maximum Gasteiger partial charge on any atom is 0.264 e. The maximum atomic E-state index is 12.8. The van der Waals surface area contributed by atoms with Gasteiger partial charge in [0.15, 0.2) is 0 Å². The van der Waals surface area contributed by atoms with Crippen LogP contribution in [0.4, 0.5) is 5.82 Å². The molecular weight excluding hydrogens is 480 g/mol. The smallest absolute Gasteiger partial charge is 0.264 e. The van der Waals surface area contributed by atoms with E-state index in [0.717, 1.165) is 49.2 Å². The Hall–Kier alpha value is -3.99. The molecule has 2 aromatic rings. The number of pyridine rings is 1. The molecule has 1 saturated heterocycles. The molecule has 0 radical (unpaired) electrons. The van der Waals surface area contributed by atoms with Crippen molar-refractivity contribution in [2.75, 3.05) is 25.0 Å². The van der Waals surface area contributed by atoms with E-state index in [4.69, 9.17) is 16.6 Å². The molecule has 196 valence electrons. The second-order valence-electron chi connectivity index (χ2n) is 9.73. The van der Waals surface area contributed by atoms with E-state index in [0.29, 0.717) is 36.7 Å². The number of likely N-dealkylation sites (tertiary alicyclic amines) is 1. The van der Waals surface area contributed by atoms with Crippen molar-refractivity contribution in [3.63, 3.8) is 0 Å². The minimum absolute atomic E-state index is 0.0668. The molecule has 10 nitrogen and oxygen atoms in total. The Morgan fingerprint density at radius 2 is 1.97 bits per heavy atom. The zero-order valence-corrected chi connectivity index (χ0v) is 21.3. The summed E-state index contributed by atoms with van der Waals surface area (Å²) in [6.45, 7) is 1.97. The van der Waals surface area contributed by atoms with E-state index in [9.17, 15) is 9.59 Å². The molecule has 38 heavy (non-hydrogen) atoms. The number of benzene rings is 1. The predicted molar refractivity (Wildman–Crippen MR) is 146 cm³/mol. The van der Waals surface area contributed by atoms with Crippen LogP contribution in [0.15, 0.2) is 82.4 Å². The first-order valence-electron chi connectivity index (χ1n) is 13.0. The van der Waals surface area contributed by atoms with Crippen molar-refractivity contribution in [2.45, 2.75) is 32.1 Å². The average molecular weight is 514 g/mol. The summed E-state index contributed by atoms with van der Waals surface area (Å²) in [5.41, 5.74) is 8.57. The van der Waals surface area contributed by atoms with Crippen LogP contribution in [-0.2, 0) is 4.79 Å². The first-order chi connectivity index (χ1) is 18.5. The molecule has 5 N–H and O–H groups in total. The van der Waals surface area contributed by atoms with Crippen LogP contribution in [0.25, 0.3) is 0 Å². The second kappa shape index (κ2) is 11.2. The molecule has 0 saturated carbocycles. The van der Waals surface area contributed by atoms with Gasteiger partial charge >= 0.3 is 0 Å². The summed E-state index contributed by atoms with van der Waals surface area (Å²) in [4.78, 5) is 40.9. The molecule has 2 atom stereocenters. The highest BCUT2D eigenvalue weighted by Gasteiger charge is 2.46. The minimum Gasteiger partial charge on any atom is -0.342 e. The first-order valence-corrected chi connectivity index (χ1v) is 13.0. The van der Waals surface area contributed by atoms with Crippen LogP contribution in [0.2, 0.25) is 0 Å². The number of amides is 2. The number of nitrogens with zero attached hydrogens (tertiary/aromatic N) is 5. The van der Waals surface area contributed by atoms with Crippen molar-refractivity contribution >= 4 is 29.7 Å². The number of aromatic nitrogens is 1. The van der Waals surface area contributed by atoms with Crippen LogP contribution in [0, 0.1) is 5.92 Å². The lowest BCUT2D eigenvalue weighted by molar-refractivity contribution is -0.750. The zero-order valence-electron chi connectivity index (χ0n) is 21.3. The molecule has 3 aliphatic rings. The van der Waals surface area contributed by atoms with Gasteiger partial charge in [0.25, 0.3) is 11.7 Å². The predicted octanol–water partition coefficient (Wildman–Crippen LogP) is 2.92. The fourth-order valence-corrected chi connectivity index (χ4v) is 5.11. The SMILES string of the molecule is NCCCCC(=O)N1CCCC(C2=C3C=NC=C[N+]3(N)C(c3ccc(C(=O)Nc4ccccn4)cc3)=N2)C1. The number of hydrogen-bond acceptors (Lipinski definition) is 7. The highest BCUT2D eigenvalue weighted by molar-refractivity contribution is 6.05. The number of nitrogens with two attached hydrogens (primary N) is 2. The number of rotatable bonds is 8. The Bertz CT molecular complexity index is 1320. The highest BCUT2D eigenvalue weighted by atomic mass is 16.2. The van der Waals surface area contributed by atoms with Crippen LogP contribution >= 0.6 is 0 Å². The molecule has 0 aliphatic carbocycles. The van der Waals surface area contributed by atoms with Crippen LogP contribution in [0.5, 0.6) is 0 Å². The van der Waals surface area contributed by atoms with Gasteiger partial charge in [0.1, 0.15) is 17.7 Å². The normalized spacial score (nSPS) is 22.3. The number of anilines is 1. The molecular formula is C28H33N8O2+. The second-order valence-corrected chi connectivity index (χ2v) is 9.73. The number of fused-ring (bicyclic) bond motifs is 1. The van der Waals surface area contributed by atoms with E-state index in [1.807, 2.05) is 23.1 Å². The molecule has 1 fully saturated rings. The summed E-state index contributed by atoms with van der Waals surface area (Å²) in [6, 6.07) is 12.6. The molecule has 1 aromatic heterocycles. The van der Waals surface area contributed by atoms with Crippen LogP contribution in [-0.4, -0.2) is 58.0 Å². The fourth-order valence-electron chi connectivity index (χ4n) is 5.11. The van der Waals surface area contributed by atoms with Crippen LogP contribution in [0.3, 0.4) is 0 Å². The Morgan fingerprint density at radius 3 is 2.74 bits per heavy atom. The topological polar surface area (TPSA) is 139 Å². The number of unbranched alkanes of at least 4 members (excludes halogenated alkanes) is 1. The zero-order chi connectivity index (χ0) is 26.5. The van der Waals surface area contributed by atoms with Gasteiger partial charge in [-0.3, -0.25) is 14.6 Å². The van der Waals surface area contributed by atoms with Gasteiger partial charge in [-0.25, -0.2) is 4.98 Å². The largest absolute Gasteiger partial charge is 0.342 e. The summed E-state index contributed by atoms with van der Waals surface area (Å²) < 4.78 is -0.0980. The van der Waals surface area contributed by atoms with Crippen molar-refractivity contribution in [3.8, 4) is 0 Å². The molecule has 0 bridgehead atoms. The number of quaternary nitrogens is 1. The lowest BCUT2D eigenvalue weighted by atomic mass is 9.93. The number of nitrogens with one attached hydrogen (secondary N) is 1. The summed E-state index contributed by atoms with van der Waals surface area (Å²) >= 11 is 0. The maximum absolute atomic E-state index is 12.8. The quantitative estimate of drug-likeness (QED) is 0.283. The Morgan fingerprint density at radius 1 is 1.13 bits per heavy atom. The number of carbonyl (C=O) groups excluding carboxylic acids is 2. The number of carbonyl (C=O) groups is 2. The van der Waals surface area contributed by atoms with E-state index in [2.05, 4.69) is 15.3 Å². The minimum atomic E-state index is -0.247. The molecule has 5 rings (SSSR count). The van der Waals surface area contributed by atoms with Crippen molar-refractivity contribution in [1.82, 2.24) is 9.88 Å². The van der Waals surface area contributed by atoms with Crippen molar-refractivity contribution in [2.24, 2.45) is 27.5 Å². The van der Waals surface area contributed by atoms with E-state index in [-0.39, 0.29) is 22.3 Å². The van der Waals surface area contributed by atoms with Gasteiger partial charge in [-0.05, 0) is 68.6 Å². The summed E-state index contributed by atoms with van der Waals surface area (Å²) in [7, 11) is 0. The lowest BCUT2D eigenvalue weighted by Crippen LogP contribution is -2.53. The highest BCUT2D eigenvalue weighted by Crippen LogP contribution is 2.37. The third-order valence-corrected chi connectivity index (χ3v) is 7.14. The van der Waals surface area contributed by atoms with E-state index >= 15 is 0 Å². The number of hydrogen-bond donors (Lipinski definition) is 3. The fraction of sp³-hybridized carbons (Fsp3) is 0.321. The van der Waals surface area contributed by atoms with Gasteiger partial charge in [0.2, 0.25) is 11.6 Å². The standard InChI is InChI=1S/C28H32N8O2/c29-13-3-1-8-25(37)35-16-5-6-22(19-35)26-23-18-31-15-17-36(23,30)27(34-26)20-9-11-21(12-10-20)28(38)33-24-7-2-4-14-32-24/h2,4,7,9-12,14-15,17-18,22H,1,3,5-6,8,13,16,19,29-30H2/p+1. The summed E-state index contributed by atoms with van der Waals surface area (Å²) in [6.07, 6.45) is 10.9. The van der Waals surface area contributed by atoms with E-state index in [1.165, 1.54) is 0 Å². The van der Waals surface area contributed by atoms with Crippen molar-refractivity contribution in [1.29, 1.82) is 0 Å². The summed E-state index contributed by atoms with van der Waals surface area (Å²) in [5, 5.41) is 2.80. The van der Waals surface area contributed by atoms with Gasteiger partial charge in [-0.2, -0.15) is 10.8 Å². The van der Waals surface area contributed by atoms with Crippen molar-refractivity contribution < 1.29 is 14.2 Å². The van der Waals surface area contributed by atoms with Gasteiger partial charge in [0.05, 0.1) is 18.0 Å². The molecule has 4 heterocycles. The monoisotopic (exact) mass is 513 g/mol. The van der Waals surface area contributed by atoms with Crippen molar-refractivity contribution in [3.05, 3.63) is 83.6 Å². The Balaban J connectivity index is 1.36. The molecule has 1 aromatic carbocycles. The Labute approximate surface area is 222 Å². The van der Waals surface area contributed by atoms with Gasteiger partial charge in [0, 0.05) is 37.2 Å². The Kier molecular flexibility index (Phi) is 7.54. The lowest BCUT2D eigenvalue weighted by Gasteiger charge is -2.33. The average Bonchev–Trinajstić information content (AvgIpc) is 3.27. The third kappa shape index (κ3) is 5.19. The number of allylic oxidation sites excluding steroid dienone is 1. The molecule has 3 aliphatic heterocycles. The molecule has 2 amide bonds. The van der Waals surface area contributed by atoms with Crippen LogP contribution in [0.1, 0.15) is 48.0 Å².